The molecule has 1 N–H and O–H groups in total. The number of hydrogen-bond donors (Lipinski definition) is 1. The highest BCUT2D eigenvalue weighted by Gasteiger charge is 2.12. The molecule has 0 aliphatic rings. The maximum atomic E-state index is 12.2. The van der Waals surface area contributed by atoms with Crippen molar-refractivity contribution in [3.8, 4) is 0 Å². The molecule has 1 amide bonds. The number of aromatic amines is 1. The fraction of sp³-hybridized carbons (Fsp3) is 0.250. The Kier molecular flexibility index (Phi) is 4.47. The molecule has 0 spiro atoms. The molecule has 0 bridgehead atoms. The Balaban J connectivity index is 1.64. The lowest BCUT2D eigenvalue weighted by Gasteiger charge is -2.16. The molecule has 23 heavy (non-hydrogen) atoms. The molecule has 0 aliphatic heterocycles. The molecule has 3 heterocycles. The monoisotopic (exact) mass is 328 g/mol. The average molecular weight is 328 g/mol. The van der Waals surface area contributed by atoms with Gasteiger partial charge in [-0.3, -0.25) is 14.6 Å². The summed E-state index contributed by atoms with van der Waals surface area (Å²) >= 11 is 1.36. The SMILES string of the molecule is CN(Cc1nc2ccsc2c(=O)[nH]1)C(=O)CCc1cccnc1. The molecule has 0 saturated carbocycles. The van der Waals surface area contributed by atoms with Gasteiger partial charge in [0.1, 0.15) is 10.5 Å². The van der Waals surface area contributed by atoms with Crippen LogP contribution in [0, 0.1) is 0 Å². The van der Waals surface area contributed by atoms with Crippen molar-refractivity contribution in [3.63, 3.8) is 0 Å². The molecular formula is C16H16N4O2S. The lowest BCUT2D eigenvalue weighted by molar-refractivity contribution is -0.130. The van der Waals surface area contributed by atoms with E-state index in [1.165, 1.54) is 11.3 Å². The molecule has 3 rings (SSSR count). The number of hydrogen-bond acceptors (Lipinski definition) is 5. The standard InChI is InChI=1S/C16H16N4O2S/c1-20(14(21)5-4-11-3-2-7-17-9-11)10-13-18-12-6-8-23-15(12)16(22)19-13/h2-3,6-9H,4-5,10H2,1H3,(H,18,19,22). The van der Waals surface area contributed by atoms with E-state index in [-0.39, 0.29) is 18.0 Å². The van der Waals surface area contributed by atoms with Crippen molar-refractivity contribution in [2.75, 3.05) is 7.05 Å². The van der Waals surface area contributed by atoms with Crippen molar-refractivity contribution >= 4 is 27.5 Å². The van der Waals surface area contributed by atoms with Crippen molar-refractivity contribution in [2.24, 2.45) is 0 Å². The molecule has 3 aromatic rings. The second-order valence-corrected chi connectivity index (χ2v) is 6.17. The number of pyridine rings is 1. The third-order valence-electron chi connectivity index (χ3n) is 3.53. The van der Waals surface area contributed by atoms with Crippen LogP contribution in [-0.2, 0) is 17.8 Å². The molecule has 0 fully saturated rings. The minimum atomic E-state index is -0.156. The van der Waals surface area contributed by atoms with E-state index < -0.39 is 0 Å². The van der Waals surface area contributed by atoms with Crippen LogP contribution in [0.1, 0.15) is 17.8 Å². The van der Waals surface area contributed by atoms with Crippen molar-refractivity contribution in [1.82, 2.24) is 19.9 Å². The van der Waals surface area contributed by atoms with E-state index in [0.29, 0.717) is 28.9 Å². The topological polar surface area (TPSA) is 79.0 Å². The number of H-pyrrole nitrogens is 1. The molecule has 7 heteroatoms. The van der Waals surface area contributed by atoms with E-state index in [1.54, 1.807) is 24.3 Å². The molecule has 3 aromatic heterocycles. The van der Waals surface area contributed by atoms with E-state index in [2.05, 4.69) is 15.0 Å². The second kappa shape index (κ2) is 6.70. The van der Waals surface area contributed by atoms with Gasteiger partial charge in [-0.05, 0) is 29.5 Å². The van der Waals surface area contributed by atoms with E-state index in [9.17, 15) is 9.59 Å². The Morgan fingerprint density at radius 2 is 2.26 bits per heavy atom. The first-order chi connectivity index (χ1) is 11.1. The Bertz CT molecular complexity index is 872. The largest absolute Gasteiger partial charge is 0.338 e. The number of carbonyl (C=O) groups excluding carboxylic acids is 1. The molecule has 6 nitrogen and oxygen atoms in total. The van der Waals surface area contributed by atoms with Crippen LogP contribution in [-0.4, -0.2) is 32.8 Å². The highest BCUT2D eigenvalue weighted by atomic mass is 32.1. The number of aryl methyl sites for hydroxylation is 1. The Labute approximate surface area is 136 Å². The molecule has 0 aromatic carbocycles. The summed E-state index contributed by atoms with van der Waals surface area (Å²) in [5.74, 6) is 0.500. The van der Waals surface area contributed by atoms with Gasteiger partial charge in [-0.1, -0.05) is 6.07 Å². The van der Waals surface area contributed by atoms with Gasteiger partial charge in [0.15, 0.2) is 0 Å². The van der Waals surface area contributed by atoms with Gasteiger partial charge >= 0.3 is 0 Å². The van der Waals surface area contributed by atoms with Crippen LogP contribution >= 0.6 is 11.3 Å². The Hall–Kier alpha value is -2.54. The van der Waals surface area contributed by atoms with Crippen LogP contribution in [0.5, 0.6) is 0 Å². The lowest BCUT2D eigenvalue weighted by atomic mass is 10.1. The molecule has 118 valence electrons. The van der Waals surface area contributed by atoms with Crippen LogP contribution in [0.4, 0.5) is 0 Å². The lowest BCUT2D eigenvalue weighted by Crippen LogP contribution is -2.28. The molecule has 0 unspecified atom stereocenters. The van der Waals surface area contributed by atoms with Crippen molar-refractivity contribution in [1.29, 1.82) is 0 Å². The van der Waals surface area contributed by atoms with Crippen LogP contribution in [0.2, 0.25) is 0 Å². The highest BCUT2D eigenvalue weighted by molar-refractivity contribution is 7.17. The van der Waals surface area contributed by atoms with Crippen LogP contribution in [0.15, 0.2) is 40.8 Å². The summed E-state index contributed by atoms with van der Waals surface area (Å²) in [7, 11) is 1.71. The summed E-state index contributed by atoms with van der Waals surface area (Å²) in [6.45, 7) is 0.285. The van der Waals surface area contributed by atoms with Gasteiger partial charge in [0.25, 0.3) is 5.56 Å². The zero-order valence-electron chi connectivity index (χ0n) is 12.7. The van der Waals surface area contributed by atoms with E-state index >= 15 is 0 Å². The number of nitrogens with one attached hydrogen (secondary N) is 1. The molecule has 0 saturated heterocycles. The molecule has 0 atom stereocenters. The number of thiophene rings is 1. The molecular weight excluding hydrogens is 312 g/mol. The van der Waals surface area contributed by atoms with Crippen LogP contribution < -0.4 is 5.56 Å². The number of amides is 1. The second-order valence-electron chi connectivity index (χ2n) is 5.26. The smallest absolute Gasteiger partial charge is 0.268 e. The first-order valence-corrected chi connectivity index (χ1v) is 8.11. The van der Waals surface area contributed by atoms with Gasteiger partial charge < -0.3 is 9.88 Å². The van der Waals surface area contributed by atoms with Crippen LogP contribution in [0.25, 0.3) is 10.2 Å². The minimum absolute atomic E-state index is 0.00178. The van der Waals surface area contributed by atoms with Gasteiger partial charge in [-0.15, -0.1) is 11.3 Å². The first-order valence-electron chi connectivity index (χ1n) is 7.23. The number of carbonyl (C=O) groups is 1. The Morgan fingerprint density at radius 1 is 1.39 bits per heavy atom. The number of rotatable bonds is 5. The quantitative estimate of drug-likeness (QED) is 0.776. The predicted molar refractivity (Wildman–Crippen MR) is 89.3 cm³/mol. The molecule has 0 radical (unpaired) electrons. The highest BCUT2D eigenvalue weighted by Crippen LogP contribution is 2.14. The van der Waals surface area contributed by atoms with Crippen molar-refractivity contribution < 1.29 is 4.79 Å². The van der Waals surface area contributed by atoms with E-state index in [4.69, 9.17) is 0 Å². The van der Waals surface area contributed by atoms with Gasteiger partial charge in [-0.2, -0.15) is 0 Å². The fourth-order valence-corrected chi connectivity index (χ4v) is 3.02. The summed E-state index contributed by atoms with van der Waals surface area (Å²) in [4.78, 5) is 36.9. The third-order valence-corrected chi connectivity index (χ3v) is 4.43. The van der Waals surface area contributed by atoms with Gasteiger partial charge in [0, 0.05) is 25.9 Å². The average Bonchev–Trinajstić information content (AvgIpc) is 3.02. The predicted octanol–water partition coefficient (Wildman–Crippen LogP) is 1.97. The van der Waals surface area contributed by atoms with Crippen LogP contribution in [0.3, 0.4) is 0 Å². The van der Waals surface area contributed by atoms with Gasteiger partial charge in [0.05, 0.1) is 12.1 Å². The summed E-state index contributed by atoms with van der Waals surface area (Å²) < 4.78 is 0.610. The van der Waals surface area contributed by atoms with E-state index in [1.807, 2.05) is 23.6 Å². The number of fused-ring (bicyclic) bond motifs is 1. The van der Waals surface area contributed by atoms with Crippen molar-refractivity contribution in [2.45, 2.75) is 19.4 Å². The van der Waals surface area contributed by atoms with Gasteiger partial charge in [0.2, 0.25) is 5.91 Å². The molecule has 0 aliphatic carbocycles. The maximum absolute atomic E-state index is 12.2. The summed E-state index contributed by atoms with van der Waals surface area (Å²) in [5.41, 5.74) is 1.54. The first kappa shape index (κ1) is 15.4. The number of nitrogens with zero attached hydrogens (tertiary/aromatic N) is 3. The summed E-state index contributed by atoms with van der Waals surface area (Å²) in [6, 6.07) is 5.61. The summed E-state index contributed by atoms with van der Waals surface area (Å²) in [6.07, 6.45) is 4.51. The van der Waals surface area contributed by atoms with E-state index in [0.717, 1.165) is 5.56 Å². The van der Waals surface area contributed by atoms with Gasteiger partial charge in [-0.25, -0.2) is 4.98 Å². The number of aromatic nitrogens is 3. The zero-order chi connectivity index (χ0) is 16.2. The normalized spacial score (nSPS) is 10.8. The third kappa shape index (κ3) is 3.62. The minimum Gasteiger partial charge on any atom is -0.338 e. The zero-order valence-corrected chi connectivity index (χ0v) is 13.5. The Morgan fingerprint density at radius 3 is 3.04 bits per heavy atom. The van der Waals surface area contributed by atoms with Crippen molar-refractivity contribution in [3.05, 3.63) is 57.7 Å². The maximum Gasteiger partial charge on any atom is 0.268 e. The fourth-order valence-electron chi connectivity index (χ4n) is 2.30. The summed E-state index contributed by atoms with van der Waals surface area (Å²) in [5, 5.41) is 1.83.